The van der Waals surface area contributed by atoms with Crippen LogP contribution < -0.4 is 0 Å². The van der Waals surface area contributed by atoms with E-state index in [9.17, 15) is 0 Å². The van der Waals surface area contributed by atoms with Crippen LogP contribution in [0.4, 0.5) is 0 Å². The molecule has 1 atom stereocenters. The van der Waals surface area contributed by atoms with Gasteiger partial charge in [-0.05, 0) is 36.3 Å². The van der Waals surface area contributed by atoms with E-state index in [0.717, 1.165) is 5.92 Å². The first kappa shape index (κ1) is 14.1. The van der Waals surface area contributed by atoms with Gasteiger partial charge >= 0.3 is 0 Å². The van der Waals surface area contributed by atoms with E-state index in [2.05, 4.69) is 47.1 Å². The number of hydrogen-bond acceptors (Lipinski definition) is 0. The summed E-state index contributed by atoms with van der Waals surface area (Å²) in [6.07, 6.45) is 10.9. The number of hydrogen-bond donors (Lipinski definition) is 0. The lowest BCUT2D eigenvalue weighted by atomic mass is 9.92. The molecule has 100 valence electrons. The molecule has 0 aromatic heterocycles. The van der Waals surface area contributed by atoms with Crippen LogP contribution in [0.2, 0.25) is 0 Å². The molecular formula is C17H25Br. The third-order valence-electron chi connectivity index (χ3n) is 4.15. The second-order valence-electron chi connectivity index (χ2n) is 5.64. The van der Waals surface area contributed by atoms with E-state index >= 15 is 0 Å². The minimum absolute atomic E-state index is 0.561. The van der Waals surface area contributed by atoms with E-state index < -0.39 is 0 Å². The number of rotatable bonds is 4. The molecule has 0 nitrogen and oxygen atoms in total. The third-order valence-corrected chi connectivity index (χ3v) is 5.43. The molecular weight excluding hydrogens is 284 g/mol. The highest BCUT2D eigenvalue weighted by molar-refractivity contribution is 9.09. The molecule has 0 bridgehead atoms. The summed E-state index contributed by atoms with van der Waals surface area (Å²) in [4.78, 5) is 0.561. The highest BCUT2D eigenvalue weighted by atomic mass is 79.9. The van der Waals surface area contributed by atoms with Crippen LogP contribution in [0.1, 0.15) is 67.8 Å². The first-order chi connectivity index (χ1) is 8.81. The van der Waals surface area contributed by atoms with Gasteiger partial charge in [0.2, 0.25) is 0 Å². The first-order valence-electron chi connectivity index (χ1n) is 7.54. The number of alkyl halides is 1. The highest BCUT2D eigenvalue weighted by Crippen LogP contribution is 2.39. The van der Waals surface area contributed by atoms with Gasteiger partial charge in [-0.15, -0.1) is 0 Å². The molecule has 1 aliphatic carbocycles. The molecule has 18 heavy (non-hydrogen) atoms. The Balaban J connectivity index is 2.00. The van der Waals surface area contributed by atoms with E-state index in [-0.39, 0.29) is 0 Å². The van der Waals surface area contributed by atoms with Crippen LogP contribution in [0, 0.1) is 5.92 Å². The van der Waals surface area contributed by atoms with E-state index in [1.54, 1.807) is 0 Å². The summed E-state index contributed by atoms with van der Waals surface area (Å²) >= 11 is 3.95. The Bertz CT molecular complexity index is 333. The molecule has 1 aromatic rings. The fourth-order valence-corrected chi connectivity index (χ4v) is 3.87. The van der Waals surface area contributed by atoms with Crippen LogP contribution in [0.15, 0.2) is 24.3 Å². The second kappa shape index (κ2) is 7.33. The van der Waals surface area contributed by atoms with Gasteiger partial charge in [-0.1, -0.05) is 79.2 Å². The van der Waals surface area contributed by atoms with Gasteiger partial charge in [-0.25, -0.2) is 0 Å². The smallest absolute Gasteiger partial charge is 0.0423 e. The average Bonchev–Trinajstić information content (AvgIpc) is 2.68. The van der Waals surface area contributed by atoms with Gasteiger partial charge in [0.25, 0.3) is 0 Å². The van der Waals surface area contributed by atoms with Crippen LogP contribution >= 0.6 is 15.9 Å². The molecule has 1 aliphatic rings. The zero-order valence-corrected chi connectivity index (χ0v) is 13.1. The quantitative estimate of drug-likeness (QED) is 0.469. The average molecular weight is 309 g/mol. The van der Waals surface area contributed by atoms with Crippen molar-refractivity contribution in [3.63, 3.8) is 0 Å². The van der Waals surface area contributed by atoms with Crippen LogP contribution in [0.3, 0.4) is 0 Å². The molecule has 1 fully saturated rings. The van der Waals surface area contributed by atoms with E-state index in [0.29, 0.717) is 4.83 Å². The summed E-state index contributed by atoms with van der Waals surface area (Å²) in [7, 11) is 0. The summed E-state index contributed by atoms with van der Waals surface area (Å²) in [5.74, 6) is 0.838. The Morgan fingerprint density at radius 1 is 1.06 bits per heavy atom. The largest absolute Gasteiger partial charge is 0.0836 e. The van der Waals surface area contributed by atoms with Crippen molar-refractivity contribution in [3.05, 3.63) is 35.4 Å². The van der Waals surface area contributed by atoms with E-state index in [4.69, 9.17) is 0 Å². The lowest BCUT2D eigenvalue weighted by Crippen LogP contribution is -2.06. The van der Waals surface area contributed by atoms with Gasteiger partial charge in [-0.2, -0.15) is 0 Å². The van der Waals surface area contributed by atoms with Crippen LogP contribution in [-0.2, 0) is 6.42 Å². The summed E-state index contributed by atoms with van der Waals surface area (Å²) in [6.45, 7) is 2.24. The Kier molecular flexibility index (Phi) is 5.75. The number of benzene rings is 1. The van der Waals surface area contributed by atoms with Gasteiger partial charge in [0, 0.05) is 4.83 Å². The van der Waals surface area contributed by atoms with Crippen molar-refractivity contribution in [2.75, 3.05) is 0 Å². The monoisotopic (exact) mass is 308 g/mol. The molecule has 0 spiro atoms. The minimum atomic E-state index is 0.561. The van der Waals surface area contributed by atoms with Gasteiger partial charge in [0.05, 0.1) is 0 Å². The fourth-order valence-electron chi connectivity index (χ4n) is 3.03. The second-order valence-corrected chi connectivity index (χ2v) is 6.63. The minimum Gasteiger partial charge on any atom is -0.0836 e. The fraction of sp³-hybridized carbons (Fsp3) is 0.647. The van der Waals surface area contributed by atoms with E-state index in [1.807, 2.05) is 0 Å². The molecule has 0 N–H and O–H groups in total. The molecule has 0 amide bonds. The van der Waals surface area contributed by atoms with Crippen molar-refractivity contribution in [1.82, 2.24) is 0 Å². The zero-order valence-electron chi connectivity index (χ0n) is 11.5. The molecule has 1 saturated carbocycles. The first-order valence-corrected chi connectivity index (χ1v) is 8.45. The third kappa shape index (κ3) is 3.85. The lowest BCUT2D eigenvalue weighted by molar-refractivity contribution is 0.454. The summed E-state index contributed by atoms with van der Waals surface area (Å²) < 4.78 is 0. The summed E-state index contributed by atoms with van der Waals surface area (Å²) in [5, 5.41) is 0. The van der Waals surface area contributed by atoms with Crippen molar-refractivity contribution in [2.45, 2.75) is 63.1 Å². The lowest BCUT2D eigenvalue weighted by Gasteiger charge is -2.21. The Morgan fingerprint density at radius 3 is 2.22 bits per heavy atom. The predicted molar refractivity (Wildman–Crippen MR) is 83.3 cm³/mol. The van der Waals surface area contributed by atoms with Gasteiger partial charge in [0.15, 0.2) is 0 Å². The molecule has 1 unspecified atom stereocenters. The molecule has 0 heterocycles. The summed E-state index contributed by atoms with van der Waals surface area (Å²) in [5.41, 5.74) is 2.95. The Labute approximate surface area is 120 Å². The molecule has 2 rings (SSSR count). The molecule has 1 aromatic carbocycles. The maximum absolute atomic E-state index is 3.95. The SMILES string of the molecule is CCCc1ccc(C(Br)C2CCCCCC2)cc1. The molecule has 1 heteroatoms. The normalized spacial score (nSPS) is 19.4. The maximum atomic E-state index is 3.95. The van der Waals surface area contributed by atoms with Gasteiger partial charge in [-0.3, -0.25) is 0 Å². The number of halogens is 1. The van der Waals surface area contributed by atoms with Crippen molar-refractivity contribution in [2.24, 2.45) is 5.92 Å². The standard InChI is InChI=1S/C17H25Br/c1-2-7-14-10-12-16(13-11-14)17(18)15-8-5-3-4-6-9-15/h10-13,15,17H,2-9H2,1H3. The van der Waals surface area contributed by atoms with E-state index in [1.165, 1.54) is 62.5 Å². The maximum Gasteiger partial charge on any atom is 0.0423 e. The molecule has 0 radical (unpaired) electrons. The molecule has 0 aliphatic heterocycles. The van der Waals surface area contributed by atoms with Crippen LogP contribution in [0.5, 0.6) is 0 Å². The highest BCUT2D eigenvalue weighted by Gasteiger charge is 2.21. The Hall–Kier alpha value is -0.300. The van der Waals surface area contributed by atoms with Crippen molar-refractivity contribution in [1.29, 1.82) is 0 Å². The van der Waals surface area contributed by atoms with Crippen LogP contribution in [-0.4, -0.2) is 0 Å². The summed E-state index contributed by atoms with van der Waals surface area (Å²) in [6, 6.07) is 9.28. The predicted octanol–water partition coefficient (Wildman–Crippen LogP) is 6.05. The van der Waals surface area contributed by atoms with Crippen molar-refractivity contribution < 1.29 is 0 Å². The van der Waals surface area contributed by atoms with Gasteiger partial charge in [0.1, 0.15) is 0 Å². The van der Waals surface area contributed by atoms with Crippen molar-refractivity contribution in [3.8, 4) is 0 Å². The zero-order chi connectivity index (χ0) is 12.8. The Morgan fingerprint density at radius 2 is 1.67 bits per heavy atom. The topological polar surface area (TPSA) is 0 Å². The van der Waals surface area contributed by atoms with Crippen molar-refractivity contribution >= 4 is 15.9 Å². The van der Waals surface area contributed by atoms with Crippen LogP contribution in [0.25, 0.3) is 0 Å². The van der Waals surface area contributed by atoms with Gasteiger partial charge < -0.3 is 0 Å². The molecule has 0 saturated heterocycles. The number of aryl methyl sites for hydroxylation is 1.